The number of carbonyl (C=O) groups excluding carboxylic acids is 1. The van der Waals surface area contributed by atoms with E-state index < -0.39 is 5.91 Å². The molecule has 0 atom stereocenters. The maximum absolute atomic E-state index is 11.9. The first-order valence-electron chi connectivity index (χ1n) is 6.59. The molecule has 25 heavy (non-hydrogen) atoms. The topological polar surface area (TPSA) is 77.2 Å². The molecule has 11 heteroatoms. The van der Waals surface area contributed by atoms with E-state index in [4.69, 9.17) is 55.6 Å². The molecule has 2 aromatic heterocycles. The summed E-state index contributed by atoms with van der Waals surface area (Å²) in [6, 6.07) is 6.17. The minimum Gasteiger partial charge on any atom is -0.482 e. The van der Waals surface area contributed by atoms with E-state index in [0.29, 0.717) is 30.0 Å². The molecule has 0 unspecified atom stereocenters. The number of halogens is 4. The SMILES string of the molecule is O=C(COc1ccc(Cl)cc1Cl)Nc1nnc(-c2cc(Cl)sc2Cl)o1. The average molecular weight is 439 g/mol. The number of carbonyl (C=O) groups is 1. The number of nitrogens with zero attached hydrogens (tertiary/aromatic N) is 2. The Balaban J connectivity index is 1.61. The van der Waals surface area contributed by atoms with Gasteiger partial charge in [-0.1, -0.05) is 51.5 Å². The zero-order valence-electron chi connectivity index (χ0n) is 12.1. The number of ether oxygens (including phenoxy) is 1. The van der Waals surface area contributed by atoms with Crippen molar-refractivity contribution in [2.24, 2.45) is 0 Å². The predicted molar refractivity (Wildman–Crippen MR) is 98.2 cm³/mol. The van der Waals surface area contributed by atoms with E-state index in [2.05, 4.69) is 15.5 Å². The van der Waals surface area contributed by atoms with Crippen LogP contribution in [0.3, 0.4) is 0 Å². The van der Waals surface area contributed by atoms with E-state index >= 15 is 0 Å². The summed E-state index contributed by atoms with van der Waals surface area (Å²) in [4.78, 5) is 11.9. The number of aromatic nitrogens is 2. The van der Waals surface area contributed by atoms with E-state index in [1.807, 2.05) is 0 Å². The van der Waals surface area contributed by atoms with Gasteiger partial charge in [0.1, 0.15) is 10.1 Å². The number of hydrogen-bond acceptors (Lipinski definition) is 6. The molecule has 0 spiro atoms. The van der Waals surface area contributed by atoms with E-state index in [0.717, 1.165) is 0 Å². The Morgan fingerprint density at radius 1 is 1.20 bits per heavy atom. The highest BCUT2D eigenvalue weighted by atomic mass is 35.5. The van der Waals surface area contributed by atoms with Crippen LogP contribution in [0.2, 0.25) is 18.7 Å². The lowest BCUT2D eigenvalue weighted by Crippen LogP contribution is -2.20. The molecule has 2 heterocycles. The second-order valence-electron chi connectivity index (χ2n) is 4.56. The number of thiophene rings is 1. The number of hydrogen-bond donors (Lipinski definition) is 1. The van der Waals surface area contributed by atoms with Gasteiger partial charge in [0, 0.05) is 5.02 Å². The highest BCUT2D eigenvalue weighted by Crippen LogP contribution is 2.37. The monoisotopic (exact) mass is 437 g/mol. The third-order valence-electron chi connectivity index (χ3n) is 2.81. The van der Waals surface area contributed by atoms with Crippen LogP contribution >= 0.6 is 57.7 Å². The van der Waals surface area contributed by atoms with Gasteiger partial charge in [-0.3, -0.25) is 10.1 Å². The molecule has 0 aliphatic heterocycles. The molecule has 1 aromatic carbocycles. The molecular weight excluding hydrogens is 432 g/mol. The molecule has 0 bridgehead atoms. The third kappa shape index (κ3) is 4.56. The standard InChI is InChI=1S/C14H7Cl4N3O3S/c15-6-1-2-9(8(16)3-6)23-5-11(22)19-14-21-20-13(24-14)7-4-10(17)25-12(7)18/h1-4H,5H2,(H,19,21,22). The van der Waals surface area contributed by atoms with Gasteiger partial charge >= 0.3 is 6.01 Å². The lowest BCUT2D eigenvalue weighted by Gasteiger charge is -2.07. The van der Waals surface area contributed by atoms with Gasteiger partial charge in [-0.2, -0.15) is 0 Å². The maximum atomic E-state index is 11.9. The Hall–Kier alpha value is -1.51. The summed E-state index contributed by atoms with van der Waals surface area (Å²) >= 11 is 24.8. The summed E-state index contributed by atoms with van der Waals surface area (Å²) in [5.74, 6) is -0.0343. The molecule has 6 nitrogen and oxygen atoms in total. The summed E-state index contributed by atoms with van der Waals surface area (Å²) in [6.07, 6.45) is 0. The Bertz CT molecular complexity index is 928. The van der Waals surface area contributed by atoms with E-state index in [9.17, 15) is 4.79 Å². The van der Waals surface area contributed by atoms with Crippen LogP contribution in [0.1, 0.15) is 0 Å². The van der Waals surface area contributed by atoms with Crippen molar-refractivity contribution in [2.45, 2.75) is 0 Å². The fourth-order valence-electron chi connectivity index (χ4n) is 1.76. The summed E-state index contributed by atoms with van der Waals surface area (Å²) < 4.78 is 11.5. The lowest BCUT2D eigenvalue weighted by atomic mass is 10.3. The molecule has 0 aliphatic carbocycles. The first kappa shape index (κ1) is 18.3. The van der Waals surface area contributed by atoms with Crippen molar-refractivity contribution in [1.82, 2.24) is 10.2 Å². The van der Waals surface area contributed by atoms with Crippen LogP contribution < -0.4 is 10.1 Å². The van der Waals surface area contributed by atoms with Crippen molar-refractivity contribution in [3.63, 3.8) is 0 Å². The molecule has 0 saturated heterocycles. The number of anilines is 1. The predicted octanol–water partition coefficient (Wildman–Crippen LogP) is 5.43. The van der Waals surface area contributed by atoms with E-state index in [-0.39, 0.29) is 18.5 Å². The average Bonchev–Trinajstić information content (AvgIpc) is 3.12. The molecular formula is C14H7Cl4N3O3S. The van der Waals surface area contributed by atoms with Gasteiger partial charge in [0.25, 0.3) is 11.8 Å². The van der Waals surface area contributed by atoms with E-state index in [1.165, 1.54) is 17.4 Å². The largest absolute Gasteiger partial charge is 0.482 e. The molecule has 3 aromatic rings. The highest BCUT2D eigenvalue weighted by molar-refractivity contribution is 7.20. The van der Waals surface area contributed by atoms with Gasteiger partial charge < -0.3 is 9.15 Å². The Morgan fingerprint density at radius 3 is 2.68 bits per heavy atom. The normalized spacial score (nSPS) is 10.7. The van der Waals surface area contributed by atoms with Crippen LogP contribution in [-0.2, 0) is 4.79 Å². The molecule has 1 N–H and O–H groups in total. The van der Waals surface area contributed by atoms with Gasteiger partial charge in [0.2, 0.25) is 0 Å². The quantitative estimate of drug-likeness (QED) is 0.574. The van der Waals surface area contributed by atoms with Gasteiger partial charge in [-0.15, -0.1) is 16.4 Å². The van der Waals surface area contributed by atoms with Crippen molar-refractivity contribution in [1.29, 1.82) is 0 Å². The fourth-order valence-corrected chi connectivity index (χ4v) is 3.67. The van der Waals surface area contributed by atoms with Crippen molar-refractivity contribution >= 4 is 69.7 Å². The Morgan fingerprint density at radius 2 is 2.00 bits per heavy atom. The minimum atomic E-state index is -0.504. The van der Waals surface area contributed by atoms with Gasteiger partial charge in [-0.05, 0) is 24.3 Å². The molecule has 1 amide bonds. The molecule has 0 radical (unpaired) electrons. The molecule has 0 fully saturated rings. The Labute approximate surface area is 165 Å². The van der Waals surface area contributed by atoms with Crippen molar-refractivity contribution in [3.05, 3.63) is 43.0 Å². The van der Waals surface area contributed by atoms with Crippen LogP contribution in [0.5, 0.6) is 5.75 Å². The Kier molecular flexibility index (Phi) is 5.71. The maximum Gasteiger partial charge on any atom is 0.322 e. The van der Waals surface area contributed by atoms with Crippen molar-refractivity contribution in [2.75, 3.05) is 11.9 Å². The van der Waals surface area contributed by atoms with Crippen LogP contribution in [0.25, 0.3) is 11.5 Å². The van der Waals surface area contributed by atoms with Crippen LogP contribution in [-0.4, -0.2) is 22.7 Å². The van der Waals surface area contributed by atoms with Gasteiger partial charge in [-0.25, -0.2) is 0 Å². The molecule has 3 rings (SSSR count). The summed E-state index contributed by atoms with van der Waals surface area (Å²) in [7, 11) is 0. The van der Waals surface area contributed by atoms with Crippen molar-refractivity contribution in [3.8, 4) is 17.2 Å². The smallest absolute Gasteiger partial charge is 0.322 e. The van der Waals surface area contributed by atoms with Crippen LogP contribution in [0.15, 0.2) is 28.7 Å². The number of benzene rings is 1. The highest BCUT2D eigenvalue weighted by Gasteiger charge is 2.16. The van der Waals surface area contributed by atoms with Gasteiger partial charge in [0.05, 0.1) is 14.9 Å². The second kappa shape index (κ2) is 7.80. The van der Waals surface area contributed by atoms with E-state index in [1.54, 1.807) is 18.2 Å². The number of amides is 1. The van der Waals surface area contributed by atoms with Crippen LogP contribution in [0.4, 0.5) is 6.01 Å². The molecule has 0 aliphatic rings. The van der Waals surface area contributed by atoms with Gasteiger partial charge in [0.15, 0.2) is 6.61 Å². The lowest BCUT2D eigenvalue weighted by molar-refractivity contribution is -0.118. The number of rotatable bonds is 5. The summed E-state index contributed by atoms with van der Waals surface area (Å²) in [5.41, 5.74) is 0.494. The summed E-state index contributed by atoms with van der Waals surface area (Å²) in [5, 5.41) is 10.7. The zero-order valence-corrected chi connectivity index (χ0v) is 15.9. The fraction of sp³-hybridized carbons (Fsp3) is 0.0714. The minimum absolute atomic E-state index is 0.0933. The summed E-state index contributed by atoms with van der Waals surface area (Å²) in [6.45, 7) is -0.301. The first-order valence-corrected chi connectivity index (χ1v) is 8.91. The van der Waals surface area contributed by atoms with Crippen molar-refractivity contribution < 1.29 is 13.9 Å². The molecule has 0 saturated carbocycles. The zero-order chi connectivity index (χ0) is 18.0. The second-order valence-corrected chi connectivity index (χ2v) is 7.69. The molecule has 130 valence electrons. The first-order chi connectivity index (χ1) is 11.9. The van der Waals surface area contributed by atoms with Crippen LogP contribution in [0, 0.1) is 0 Å². The number of nitrogens with one attached hydrogen (secondary N) is 1. The third-order valence-corrected chi connectivity index (χ3v) is 4.83.